The molecule has 2 aromatic carbocycles. The highest BCUT2D eigenvalue weighted by Crippen LogP contribution is 2.33. The lowest BCUT2D eigenvalue weighted by atomic mass is 10.1. The molecule has 0 fully saturated rings. The van der Waals surface area contributed by atoms with Gasteiger partial charge in [-0.1, -0.05) is 22.0 Å². The second-order valence-electron chi connectivity index (χ2n) is 4.46. The summed E-state index contributed by atoms with van der Waals surface area (Å²) in [6.07, 6.45) is 0.400. The molecule has 1 aliphatic rings. The number of nitrogens with two attached hydrogens (primary N) is 1. The number of hydrogen-bond acceptors (Lipinski definition) is 3. The van der Waals surface area contributed by atoms with Crippen LogP contribution in [0.15, 0.2) is 40.9 Å². The van der Waals surface area contributed by atoms with E-state index in [1.54, 1.807) is 0 Å². The van der Waals surface area contributed by atoms with Gasteiger partial charge in [0.1, 0.15) is 0 Å². The molecular weight excluding hydrogens is 306 g/mol. The van der Waals surface area contributed by atoms with Crippen molar-refractivity contribution in [3.05, 3.63) is 46.4 Å². The predicted molar refractivity (Wildman–Crippen MR) is 80.6 cm³/mol. The zero-order valence-electron chi connectivity index (χ0n) is 10.0. The first-order valence-electron chi connectivity index (χ1n) is 5.86. The highest BCUT2D eigenvalue weighted by molar-refractivity contribution is 9.10. The van der Waals surface area contributed by atoms with Crippen LogP contribution in [-0.2, 0) is 11.2 Å². The number of fused-ring (bicyclic) bond motifs is 1. The van der Waals surface area contributed by atoms with Crippen molar-refractivity contribution < 1.29 is 4.79 Å². The van der Waals surface area contributed by atoms with Crippen molar-refractivity contribution >= 4 is 44.6 Å². The van der Waals surface area contributed by atoms with Crippen LogP contribution in [0.25, 0.3) is 0 Å². The van der Waals surface area contributed by atoms with Crippen molar-refractivity contribution in [3.8, 4) is 0 Å². The van der Waals surface area contributed by atoms with Gasteiger partial charge in [-0.25, -0.2) is 0 Å². The highest BCUT2D eigenvalue weighted by Gasteiger charge is 2.19. The second kappa shape index (κ2) is 4.59. The molecule has 1 amide bonds. The summed E-state index contributed by atoms with van der Waals surface area (Å²) >= 11 is 3.42. The van der Waals surface area contributed by atoms with Crippen molar-refractivity contribution in [2.24, 2.45) is 0 Å². The lowest BCUT2D eigenvalue weighted by molar-refractivity contribution is -0.115. The second-order valence-corrected chi connectivity index (χ2v) is 5.37. The molecule has 3 rings (SSSR count). The molecule has 0 spiro atoms. The Hall–Kier alpha value is -2.01. The molecule has 0 atom stereocenters. The van der Waals surface area contributed by atoms with Crippen LogP contribution in [0.3, 0.4) is 0 Å². The largest absolute Gasteiger partial charge is 0.397 e. The average Bonchev–Trinajstić information content (AvgIpc) is 2.69. The van der Waals surface area contributed by atoms with Gasteiger partial charge in [-0.15, -0.1) is 0 Å². The third-order valence-corrected chi connectivity index (χ3v) is 3.50. The van der Waals surface area contributed by atoms with E-state index < -0.39 is 0 Å². The molecule has 4 N–H and O–H groups in total. The number of amides is 1. The smallest absolute Gasteiger partial charge is 0.228 e. The Kier molecular flexibility index (Phi) is 2.91. The lowest BCUT2D eigenvalue weighted by Gasteiger charge is -2.11. The fourth-order valence-corrected chi connectivity index (χ4v) is 2.52. The quantitative estimate of drug-likeness (QED) is 0.745. The average molecular weight is 318 g/mol. The summed E-state index contributed by atoms with van der Waals surface area (Å²) in [5, 5.41) is 6.07. The van der Waals surface area contributed by atoms with Crippen LogP contribution in [-0.4, -0.2) is 5.91 Å². The molecule has 19 heavy (non-hydrogen) atoms. The predicted octanol–water partition coefficient (Wildman–Crippen LogP) is 3.27. The van der Waals surface area contributed by atoms with Crippen molar-refractivity contribution in [2.75, 3.05) is 16.4 Å². The first-order valence-corrected chi connectivity index (χ1v) is 6.66. The van der Waals surface area contributed by atoms with Crippen LogP contribution < -0.4 is 16.4 Å². The fourth-order valence-electron chi connectivity index (χ4n) is 2.12. The number of anilines is 4. The number of rotatable bonds is 2. The molecule has 0 saturated carbocycles. The van der Waals surface area contributed by atoms with Crippen LogP contribution in [0.4, 0.5) is 22.7 Å². The number of nitrogens with one attached hydrogen (secondary N) is 2. The summed E-state index contributed by atoms with van der Waals surface area (Å²) < 4.78 is 0.991. The minimum Gasteiger partial charge on any atom is -0.397 e. The molecule has 0 aromatic heterocycles. The van der Waals surface area contributed by atoms with Gasteiger partial charge in [-0.05, 0) is 35.9 Å². The van der Waals surface area contributed by atoms with Gasteiger partial charge in [0.2, 0.25) is 5.91 Å². The van der Waals surface area contributed by atoms with Crippen LogP contribution in [0, 0.1) is 0 Å². The normalized spacial score (nSPS) is 13.0. The standard InChI is InChI=1S/C14H12BrN3O/c15-9-2-1-3-10(6-9)17-13-7-12-8(4-11(13)16)5-14(19)18-12/h1-4,6-7,17H,5,16H2,(H,18,19). The summed E-state index contributed by atoms with van der Waals surface area (Å²) in [5.41, 5.74) is 10.1. The molecule has 0 radical (unpaired) electrons. The molecule has 0 unspecified atom stereocenters. The molecule has 96 valence electrons. The highest BCUT2D eigenvalue weighted by atomic mass is 79.9. The maximum Gasteiger partial charge on any atom is 0.228 e. The van der Waals surface area contributed by atoms with Gasteiger partial charge in [-0.2, -0.15) is 0 Å². The van der Waals surface area contributed by atoms with Crippen LogP contribution in [0.5, 0.6) is 0 Å². The minimum atomic E-state index is 0.00834. The number of halogens is 1. The van der Waals surface area contributed by atoms with Crippen LogP contribution in [0.1, 0.15) is 5.56 Å². The molecule has 4 nitrogen and oxygen atoms in total. The minimum absolute atomic E-state index is 0.00834. The van der Waals surface area contributed by atoms with E-state index >= 15 is 0 Å². The number of benzene rings is 2. The Balaban J connectivity index is 1.94. The number of hydrogen-bond donors (Lipinski definition) is 3. The molecule has 0 saturated heterocycles. The Labute approximate surface area is 119 Å². The van der Waals surface area contributed by atoms with E-state index in [4.69, 9.17) is 5.73 Å². The van der Waals surface area contributed by atoms with Gasteiger partial charge >= 0.3 is 0 Å². The van der Waals surface area contributed by atoms with E-state index in [0.29, 0.717) is 12.1 Å². The van der Waals surface area contributed by atoms with E-state index in [9.17, 15) is 4.79 Å². The van der Waals surface area contributed by atoms with Crippen LogP contribution >= 0.6 is 15.9 Å². The van der Waals surface area contributed by atoms with Crippen LogP contribution in [0.2, 0.25) is 0 Å². The summed E-state index contributed by atoms with van der Waals surface area (Å²) in [6.45, 7) is 0. The zero-order chi connectivity index (χ0) is 13.4. The van der Waals surface area contributed by atoms with Gasteiger partial charge in [0.25, 0.3) is 0 Å². The summed E-state index contributed by atoms with van der Waals surface area (Å²) in [5.74, 6) is 0.00834. The topological polar surface area (TPSA) is 67.2 Å². The third-order valence-electron chi connectivity index (χ3n) is 3.00. The lowest BCUT2D eigenvalue weighted by Crippen LogP contribution is -2.03. The molecule has 0 bridgehead atoms. The van der Waals surface area contributed by atoms with Gasteiger partial charge < -0.3 is 16.4 Å². The molecular formula is C14H12BrN3O. The van der Waals surface area contributed by atoms with Crippen molar-refractivity contribution in [1.29, 1.82) is 0 Å². The monoisotopic (exact) mass is 317 g/mol. The number of carbonyl (C=O) groups is 1. The molecule has 2 aromatic rings. The van der Waals surface area contributed by atoms with Crippen molar-refractivity contribution in [2.45, 2.75) is 6.42 Å². The fraction of sp³-hybridized carbons (Fsp3) is 0.0714. The molecule has 0 aliphatic carbocycles. The first kappa shape index (κ1) is 12.0. The SMILES string of the molecule is Nc1cc2c(cc1Nc1cccc(Br)c1)NC(=O)C2. The van der Waals surface area contributed by atoms with Gasteiger partial charge in [0.05, 0.1) is 17.8 Å². The first-order chi connectivity index (χ1) is 9.11. The Morgan fingerprint density at radius 3 is 2.89 bits per heavy atom. The Morgan fingerprint density at radius 2 is 2.11 bits per heavy atom. The van der Waals surface area contributed by atoms with E-state index in [1.165, 1.54) is 0 Å². The Morgan fingerprint density at radius 1 is 1.26 bits per heavy atom. The molecule has 5 heteroatoms. The van der Waals surface area contributed by atoms with E-state index in [1.807, 2.05) is 36.4 Å². The van der Waals surface area contributed by atoms with Gasteiger partial charge in [-0.3, -0.25) is 4.79 Å². The van der Waals surface area contributed by atoms with Gasteiger partial charge in [0, 0.05) is 15.8 Å². The molecule has 1 heterocycles. The zero-order valence-corrected chi connectivity index (χ0v) is 11.6. The van der Waals surface area contributed by atoms with E-state index in [2.05, 4.69) is 26.6 Å². The van der Waals surface area contributed by atoms with Crippen molar-refractivity contribution in [1.82, 2.24) is 0 Å². The van der Waals surface area contributed by atoms with Crippen molar-refractivity contribution in [3.63, 3.8) is 0 Å². The number of carbonyl (C=O) groups excluding carboxylic acids is 1. The Bertz CT molecular complexity index is 670. The maximum atomic E-state index is 11.3. The summed E-state index contributed by atoms with van der Waals surface area (Å²) in [4.78, 5) is 11.3. The number of nitrogen functional groups attached to an aromatic ring is 1. The molecule has 1 aliphatic heterocycles. The van der Waals surface area contributed by atoms with E-state index in [-0.39, 0.29) is 5.91 Å². The van der Waals surface area contributed by atoms with Gasteiger partial charge in [0.15, 0.2) is 0 Å². The third kappa shape index (κ3) is 2.42. The maximum absolute atomic E-state index is 11.3. The van der Waals surface area contributed by atoms with E-state index in [0.717, 1.165) is 27.1 Å². The summed E-state index contributed by atoms with van der Waals surface area (Å²) in [6, 6.07) is 11.5. The summed E-state index contributed by atoms with van der Waals surface area (Å²) in [7, 11) is 0.